The first-order chi connectivity index (χ1) is 12.9. The minimum Gasteiger partial charge on any atom is -0.204 e. The molecule has 6 rings (SSSR count). The quantitative estimate of drug-likeness (QED) is 0.788. The zero-order chi connectivity index (χ0) is 18.8. The average Bonchev–Trinajstić information content (AvgIpc) is 2.90. The number of nitrogens with zero attached hydrogens (tertiary/aromatic N) is 2. The smallest absolute Gasteiger partial charge is 0.204 e. The summed E-state index contributed by atoms with van der Waals surface area (Å²) in [6, 6.07) is 9.40. The van der Waals surface area contributed by atoms with E-state index in [-0.39, 0.29) is 11.2 Å². The van der Waals surface area contributed by atoms with E-state index in [0.717, 1.165) is 34.7 Å². The van der Waals surface area contributed by atoms with Gasteiger partial charge in [-0.1, -0.05) is 30.3 Å². The van der Waals surface area contributed by atoms with Crippen LogP contribution in [0.4, 0.5) is 0 Å². The van der Waals surface area contributed by atoms with Gasteiger partial charge in [-0.05, 0) is 81.1 Å². The highest BCUT2D eigenvalue weighted by Crippen LogP contribution is 2.61. The Bertz CT molecular complexity index is 940. The second-order valence-corrected chi connectivity index (χ2v) is 11.1. The first kappa shape index (κ1) is 17.5. The second-order valence-electron chi connectivity index (χ2n) is 9.33. The van der Waals surface area contributed by atoms with E-state index in [1.807, 2.05) is 44.2 Å². The Morgan fingerprint density at radius 1 is 1.00 bits per heavy atom. The molecule has 4 aliphatic rings. The van der Waals surface area contributed by atoms with Gasteiger partial charge < -0.3 is 0 Å². The summed E-state index contributed by atoms with van der Waals surface area (Å²) in [6.07, 6.45) is 7.84. The SMILES string of the molecule is Cc1nn(S(=O)(=O)Cc2ccccc2)c(C)c1C12CC3CC(CC(C3)C1)C2. The van der Waals surface area contributed by atoms with Crippen LogP contribution >= 0.6 is 0 Å². The largest absolute Gasteiger partial charge is 0.258 e. The lowest BCUT2D eigenvalue weighted by molar-refractivity contribution is -0.00574. The molecule has 0 aliphatic heterocycles. The third kappa shape index (κ3) is 2.77. The summed E-state index contributed by atoms with van der Waals surface area (Å²) in [5.74, 6) is 2.49. The van der Waals surface area contributed by atoms with E-state index in [9.17, 15) is 8.42 Å². The summed E-state index contributed by atoms with van der Waals surface area (Å²) in [5, 5.41) is 4.56. The molecule has 27 heavy (non-hydrogen) atoms. The van der Waals surface area contributed by atoms with Crippen molar-refractivity contribution in [2.75, 3.05) is 0 Å². The Kier molecular flexibility index (Phi) is 3.84. The first-order valence-corrected chi connectivity index (χ1v) is 11.8. The van der Waals surface area contributed by atoms with Crippen molar-refractivity contribution in [3.05, 3.63) is 52.8 Å². The van der Waals surface area contributed by atoms with Crippen molar-refractivity contribution >= 4 is 10.0 Å². The van der Waals surface area contributed by atoms with Crippen LogP contribution in [-0.4, -0.2) is 17.6 Å². The Morgan fingerprint density at radius 2 is 1.56 bits per heavy atom. The van der Waals surface area contributed by atoms with Crippen LogP contribution in [0.5, 0.6) is 0 Å². The van der Waals surface area contributed by atoms with E-state index in [2.05, 4.69) is 5.10 Å². The van der Waals surface area contributed by atoms with E-state index in [0.29, 0.717) is 0 Å². The lowest BCUT2D eigenvalue weighted by Crippen LogP contribution is -2.49. The van der Waals surface area contributed by atoms with E-state index < -0.39 is 10.0 Å². The van der Waals surface area contributed by atoms with Crippen molar-refractivity contribution in [3.63, 3.8) is 0 Å². The molecule has 1 aromatic heterocycles. The molecule has 144 valence electrons. The van der Waals surface area contributed by atoms with Crippen LogP contribution < -0.4 is 0 Å². The third-order valence-electron chi connectivity index (χ3n) is 7.28. The van der Waals surface area contributed by atoms with Gasteiger partial charge >= 0.3 is 0 Å². The van der Waals surface area contributed by atoms with Crippen LogP contribution in [0.3, 0.4) is 0 Å². The van der Waals surface area contributed by atoms with Crippen molar-refractivity contribution in [3.8, 4) is 0 Å². The van der Waals surface area contributed by atoms with Gasteiger partial charge in [-0.25, -0.2) is 8.42 Å². The highest BCUT2D eigenvalue weighted by Gasteiger charge is 2.53. The van der Waals surface area contributed by atoms with Crippen molar-refractivity contribution in [2.24, 2.45) is 17.8 Å². The molecule has 1 heterocycles. The number of benzene rings is 1. The fraction of sp³-hybridized carbons (Fsp3) is 0.591. The molecule has 0 amide bonds. The number of hydrogen-bond acceptors (Lipinski definition) is 3. The minimum absolute atomic E-state index is 0.00385. The Morgan fingerprint density at radius 3 is 2.11 bits per heavy atom. The number of aryl methyl sites for hydroxylation is 1. The fourth-order valence-electron chi connectivity index (χ4n) is 6.92. The predicted molar refractivity (Wildman–Crippen MR) is 106 cm³/mol. The molecule has 2 aromatic rings. The molecular weight excluding hydrogens is 356 g/mol. The number of aromatic nitrogens is 2. The predicted octanol–water partition coefficient (Wildman–Crippen LogP) is 4.35. The Balaban J connectivity index is 1.54. The van der Waals surface area contributed by atoms with Gasteiger partial charge in [-0.2, -0.15) is 9.19 Å². The van der Waals surface area contributed by atoms with Gasteiger partial charge in [0.2, 0.25) is 0 Å². The third-order valence-corrected chi connectivity index (χ3v) is 8.86. The van der Waals surface area contributed by atoms with Gasteiger partial charge in [-0.15, -0.1) is 0 Å². The van der Waals surface area contributed by atoms with Crippen molar-refractivity contribution in [2.45, 2.75) is 63.5 Å². The van der Waals surface area contributed by atoms with E-state index in [1.165, 1.54) is 48.2 Å². The summed E-state index contributed by atoms with van der Waals surface area (Å²) in [6.45, 7) is 3.98. The minimum atomic E-state index is -3.51. The monoisotopic (exact) mass is 384 g/mol. The number of rotatable bonds is 4. The van der Waals surface area contributed by atoms with Gasteiger partial charge in [0.05, 0.1) is 17.1 Å². The first-order valence-electron chi connectivity index (χ1n) is 10.2. The zero-order valence-corrected chi connectivity index (χ0v) is 17.0. The lowest BCUT2D eigenvalue weighted by Gasteiger charge is -2.57. The second kappa shape index (κ2) is 5.94. The summed E-state index contributed by atoms with van der Waals surface area (Å²) in [7, 11) is -3.51. The van der Waals surface area contributed by atoms with Gasteiger partial charge in [0.15, 0.2) is 0 Å². The summed E-state index contributed by atoms with van der Waals surface area (Å²) >= 11 is 0. The molecule has 4 bridgehead atoms. The molecule has 0 atom stereocenters. The Labute approximate surface area is 162 Å². The van der Waals surface area contributed by atoms with Crippen LogP contribution in [0, 0.1) is 31.6 Å². The molecule has 4 saturated carbocycles. The molecule has 5 heteroatoms. The van der Waals surface area contributed by atoms with Gasteiger partial charge in [0, 0.05) is 5.56 Å². The molecule has 0 saturated heterocycles. The molecule has 0 radical (unpaired) electrons. The highest BCUT2D eigenvalue weighted by atomic mass is 32.2. The average molecular weight is 385 g/mol. The van der Waals surface area contributed by atoms with Crippen LogP contribution in [0.25, 0.3) is 0 Å². The maximum Gasteiger partial charge on any atom is 0.258 e. The highest BCUT2D eigenvalue weighted by molar-refractivity contribution is 7.89. The summed E-state index contributed by atoms with van der Waals surface area (Å²) in [5.41, 5.74) is 4.00. The number of hydrogen-bond donors (Lipinski definition) is 0. The van der Waals surface area contributed by atoms with Crippen LogP contribution in [-0.2, 0) is 21.2 Å². The van der Waals surface area contributed by atoms with Crippen molar-refractivity contribution in [1.29, 1.82) is 0 Å². The fourth-order valence-corrected chi connectivity index (χ4v) is 8.41. The molecule has 4 nitrogen and oxygen atoms in total. The van der Waals surface area contributed by atoms with E-state index >= 15 is 0 Å². The van der Waals surface area contributed by atoms with E-state index in [1.54, 1.807) is 0 Å². The maximum atomic E-state index is 13.1. The van der Waals surface area contributed by atoms with Gasteiger partial charge in [-0.3, -0.25) is 0 Å². The van der Waals surface area contributed by atoms with Crippen molar-refractivity contribution < 1.29 is 8.42 Å². The van der Waals surface area contributed by atoms with Crippen LogP contribution in [0.2, 0.25) is 0 Å². The molecule has 1 aromatic carbocycles. The van der Waals surface area contributed by atoms with Crippen LogP contribution in [0.1, 0.15) is 61.0 Å². The molecule has 4 fully saturated rings. The molecule has 4 aliphatic carbocycles. The molecule has 0 spiro atoms. The maximum absolute atomic E-state index is 13.1. The summed E-state index contributed by atoms with van der Waals surface area (Å²) in [4.78, 5) is 0. The molecular formula is C22H28N2O2S. The topological polar surface area (TPSA) is 52.0 Å². The van der Waals surface area contributed by atoms with Crippen molar-refractivity contribution in [1.82, 2.24) is 9.19 Å². The molecule has 0 unspecified atom stereocenters. The lowest BCUT2D eigenvalue weighted by atomic mass is 9.48. The van der Waals surface area contributed by atoms with Gasteiger partial charge in [0.1, 0.15) is 0 Å². The normalized spacial score (nSPS) is 32.1. The zero-order valence-electron chi connectivity index (χ0n) is 16.2. The standard InChI is InChI=1S/C22H28N2O2S/c1-15-21(22-11-18-8-19(12-22)10-20(9-18)13-22)16(2)24(23-15)27(25,26)14-17-6-4-3-5-7-17/h3-7,18-20H,8-14H2,1-2H3. The van der Waals surface area contributed by atoms with E-state index in [4.69, 9.17) is 0 Å². The Hall–Kier alpha value is -1.62. The van der Waals surface area contributed by atoms with Gasteiger partial charge in [0.25, 0.3) is 10.0 Å². The summed E-state index contributed by atoms with van der Waals surface area (Å²) < 4.78 is 27.6. The van der Waals surface area contributed by atoms with Crippen LogP contribution in [0.15, 0.2) is 30.3 Å². The molecule has 0 N–H and O–H groups in total.